The number of aliphatic hydroxyl groups is 1. The second-order valence-corrected chi connectivity index (χ2v) is 7.92. The van der Waals surface area contributed by atoms with Crippen molar-refractivity contribution in [1.82, 2.24) is 5.32 Å². The Balaban J connectivity index is 1.62. The maximum atomic E-state index is 12.8. The van der Waals surface area contributed by atoms with Gasteiger partial charge in [0, 0.05) is 6.42 Å². The number of carbonyl (C=O) groups excluding carboxylic acids is 1. The molecule has 4 aromatic carbocycles. The minimum Gasteiger partial charge on any atom is -0.480 e. The molecule has 0 saturated heterocycles. The van der Waals surface area contributed by atoms with Gasteiger partial charge in [-0.3, -0.25) is 4.79 Å². The first-order valence-corrected chi connectivity index (χ1v) is 10.4. The average Bonchev–Trinajstić information content (AvgIpc) is 2.82. The summed E-state index contributed by atoms with van der Waals surface area (Å²) in [7, 11) is 0. The molecule has 0 heterocycles. The lowest BCUT2D eigenvalue weighted by Crippen LogP contribution is -2.44. The van der Waals surface area contributed by atoms with Gasteiger partial charge >= 0.3 is 12.1 Å². The van der Waals surface area contributed by atoms with Crippen LogP contribution in [-0.4, -0.2) is 28.1 Å². The number of hydrogen-bond acceptors (Lipinski definition) is 3. The molecule has 0 unspecified atom stereocenters. The number of hydrogen-bond donors (Lipinski definition) is 3. The Hall–Kier alpha value is -3.91. The lowest BCUT2D eigenvalue weighted by molar-refractivity contribution is -0.143. The molecule has 5 nitrogen and oxygen atoms in total. The normalized spacial score (nSPS) is 13.5. The number of alkyl halides is 3. The van der Waals surface area contributed by atoms with E-state index in [0.29, 0.717) is 0 Å². The number of carbonyl (C=O) groups is 2. The highest BCUT2D eigenvalue weighted by Gasteiger charge is 2.31. The third kappa shape index (κ3) is 4.72. The van der Waals surface area contributed by atoms with Crippen LogP contribution in [0.3, 0.4) is 0 Å². The van der Waals surface area contributed by atoms with Crippen molar-refractivity contribution >= 4 is 33.4 Å². The smallest absolute Gasteiger partial charge is 0.416 e. The largest absolute Gasteiger partial charge is 0.480 e. The first kappa shape index (κ1) is 23.3. The van der Waals surface area contributed by atoms with E-state index in [2.05, 4.69) is 5.32 Å². The predicted octanol–water partition coefficient (Wildman–Crippen LogP) is 4.86. The Morgan fingerprint density at radius 2 is 1.38 bits per heavy atom. The van der Waals surface area contributed by atoms with Gasteiger partial charge in [-0.2, -0.15) is 13.2 Å². The Labute approximate surface area is 192 Å². The second kappa shape index (κ2) is 9.15. The third-order valence-corrected chi connectivity index (χ3v) is 5.71. The molecule has 8 heteroatoms. The van der Waals surface area contributed by atoms with Crippen LogP contribution in [-0.2, 0) is 22.2 Å². The zero-order chi connectivity index (χ0) is 24.5. The Kier molecular flexibility index (Phi) is 6.26. The standard InChI is InChI=1S/C26H20F3NO4/c27-26(28,29)18-11-9-15(10-12-18)23(31)24(32)30-22(25(33)34)14-21-19-7-3-1-5-16(19)13-17-6-2-4-8-20(17)21/h1-13,22-23,31H,14H2,(H,30,32)(H,33,34)/t22-,23-/m0/s1. The molecule has 0 bridgehead atoms. The lowest BCUT2D eigenvalue weighted by atomic mass is 9.92. The zero-order valence-electron chi connectivity index (χ0n) is 17.7. The van der Waals surface area contributed by atoms with E-state index in [4.69, 9.17) is 0 Å². The van der Waals surface area contributed by atoms with Crippen molar-refractivity contribution in [3.63, 3.8) is 0 Å². The fraction of sp³-hybridized carbons (Fsp3) is 0.154. The Morgan fingerprint density at radius 1 is 0.853 bits per heavy atom. The number of aliphatic hydroxyl groups excluding tert-OH is 1. The first-order valence-electron chi connectivity index (χ1n) is 10.4. The van der Waals surface area contributed by atoms with Crippen molar-refractivity contribution < 1.29 is 33.0 Å². The molecule has 174 valence electrons. The van der Waals surface area contributed by atoms with Gasteiger partial charge in [0.15, 0.2) is 6.10 Å². The summed E-state index contributed by atoms with van der Waals surface area (Å²) >= 11 is 0. The van der Waals surface area contributed by atoms with Gasteiger partial charge < -0.3 is 15.5 Å². The Bertz CT molecular complexity index is 1310. The number of benzene rings is 4. The maximum Gasteiger partial charge on any atom is 0.416 e. The highest BCUT2D eigenvalue weighted by atomic mass is 19.4. The van der Waals surface area contributed by atoms with E-state index in [1.807, 2.05) is 54.6 Å². The fourth-order valence-electron chi connectivity index (χ4n) is 3.99. The van der Waals surface area contributed by atoms with E-state index in [1.54, 1.807) is 0 Å². The van der Waals surface area contributed by atoms with Crippen LogP contribution in [0.25, 0.3) is 21.5 Å². The molecule has 4 aromatic rings. The molecule has 0 aromatic heterocycles. The molecule has 0 radical (unpaired) electrons. The number of carboxylic acids is 1. The maximum absolute atomic E-state index is 12.8. The molecule has 0 spiro atoms. The molecule has 1 amide bonds. The van der Waals surface area contributed by atoms with Crippen LogP contribution in [0, 0.1) is 0 Å². The number of halogens is 3. The third-order valence-electron chi connectivity index (χ3n) is 5.71. The van der Waals surface area contributed by atoms with E-state index in [-0.39, 0.29) is 12.0 Å². The van der Waals surface area contributed by atoms with Crippen molar-refractivity contribution in [2.75, 3.05) is 0 Å². The molecule has 0 fully saturated rings. The van der Waals surface area contributed by atoms with E-state index < -0.39 is 35.8 Å². The molecule has 0 aliphatic rings. The average molecular weight is 467 g/mol. The number of nitrogens with one attached hydrogen (secondary N) is 1. The molecule has 3 N–H and O–H groups in total. The number of carboxylic acid groups (broad SMARTS) is 1. The lowest BCUT2D eigenvalue weighted by Gasteiger charge is -2.20. The monoisotopic (exact) mass is 467 g/mol. The molecule has 34 heavy (non-hydrogen) atoms. The van der Waals surface area contributed by atoms with Crippen molar-refractivity contribution in [2.24, 2.45) is 0 Å². The van der Waals surface area contributed by atoms with Crippen molar-refractivity contribution in [3.05, 3.63) is 95.6 Å². The summed E-state index contributed by atoms with van der Waals surface area (Å²) in [4.78, 5) is 24.6. The van der Waals surface area contributed by atoms with Crippen LogP contribution in [0.2, 0.25) is 0 Å². The summed E-state index contributed by atoms with van der Waals surface area (Å²) in [5.74, 6) is -2.32. The van der Waals surface area contributed by atoms with Gasteiger partial charge in [0.25, 0.3) is 5.91 Å². The summed E-state index contributed by atoms with van der Waals surface area (Å²) in [6, 6.07) is 19.1. The Morgan fingerprint density at radius 3 is 1.88 bits per heavy atom. The molecule has 0 saturated carbocycles. The van der Waals surface area contributed by atoms with E-state index in [9.17, 15) is 33.0 Å². The fourth-order valence-corrected chi connectivity index (χ4v) is 3.99. The van der Waals surface area contributed by atoms with Gasteiger partial charge in [0.2, 0.25) is 0 Å². The summed E-state index contributed by atoms with van der Waals surface area (Å²) in [5, 5.41) is 26.0. The molecular formula is C26H20F3NO4. The highest BCUT2D eigenvalue weighted by Crippen LogP contribution is 2.31. The predicted molar refractivity (Wildman–Crippen MR) is 121 cm³/mol. The molecule has 4 rings (SSSR count). The van der Waals surface area contributed by atoms with Gasteiger partial charge in [0.1, 0.15) is 6.04 Å². The summed E-state index contributed by atoms with van der Waals surface area (Å²) in [6.07, 6.45) is -6.43. The summed E-state index contributed by atoms with van der Waals surface area (Å²) < 4.78 is 38.3. The van der Waals surface area contributed by atoms with E-state index in [1.165, 1.54) is 0 Å². The summed E-state index contributed by atoms with van der Waals surface area (Å²) in [5.41, 5.74) is -0.272. The van der Waals surface area contributed by atoms with Gasteiger partial charge in [-0.05, 0) is 50.9 Å². The van der Waals surface area contributed by atoms with Crippen molar-refractivity contribution in [3.8, 4) is 0 Å². The van der Waals surface area contributed by atoms with Crippen LogP contribution < -0.4 is 5.32 Å². The molecule has 0 aliphatic heterocycles. The van der Waals surface area contributed by atoms with E-state index >= 15 is 0 Å². The van der Waals surface area contributed by atoms with Gasteiger partial charge in [-0.15, -0.1) is 0 Å². The minimum atomic E-state index is -4.55. The SMILES string of the molecule is O=C(O)[C@H](Cc1c2ccccc2cc2ccccc12)NC(=O)[C@@H](O)c1ccc(C(F)(F)F)cc1. The van der Waals surface area contributed by atoms with Crippen molar-refractivity contribution in [1.29, 1.82) is 0 Å². The number of aliphatic carboxylic acids is 1. The van der Waals surface area contributed by atoms with Gasteiger partial charge in [-0.1, -0.05) is 60.7 Å². The quantitative estimate of drug-likeness (QED) is 0.354. The molecule has 2 atom stereocenters. The van der Waals surface area contributed by atoms with Crippen LogP contribution in [0.4, 0.5) is 13.2 Å². The first-order chi connectivity index (χ1) is 16.1. The molecular weight excluding hydrogens is 447 g/mol. The summed E-state index contributed by atoms with van der Waals surface area (Å²) in [6.45, 7) is 0. The van der Waals surface area contributed by atoms with Crippen LogP contribution in [0.15, 0.2) is 78.9 Å². The van der Waals surface area contributed by atoms with E-state index in [0.717, 1.165) is 51.4 Å². The number of fused-ring (bicyclic) bond motifs is 2. The van der Waals surface area contributed by atoms with Gasteiger partial charge in [-0.25, -0.2) is 4.79 Å². The number of amides is 1. The van der Waals surface area contributed by atoms with Gasteiger partial charge in [0.05, 0.1) is 5.56 Å². The highest BCUT2D eigenvalue weighted by molar-refractivity contribution is 6.02. The van der Waals surface area contributed by atoms with Crippen LogP contribution in [0.5, 0.6) is 0 Å². The zero-order valence-corrected chi connectivity index (χ0v) is 17.7. The topological polar surface area (TPSA) is 86.6 Å². The van der Waals surface area contributed by atoms with Crippen LogP contribution >= 0.6 is 0 Å². The number of rotatable bonds is 6. The van der Waals surface area contributed by atoms with Crippen LogP contribution in [0.1, 0.15) is 22.8 Å². The second-order valence-electron chi connectivity index (χ2n) is 7.92. The molecule has 0 aliphatic carbocycles. The van der Waals surface area contributed by atoms with Crippen molar-refractivity contribution in [2.45, 2.75) is 24.7 Å². The minimum absolute atomic E-state index is 0.0529.